The first-order chi connectivity index (χ1) is 8.74. The Morgan fingerprint density at radius 2 is 2.11 bits per heavy atom. The summed E-state index contributed by atoms with van der Waals surface area (Å²) in [5.41, 5.74) is 6.22. The molecule has 0 saturated carbocycles. The Balaban J connectivity index is 2.45. The van der Waals surface area contributed by atoms with Crippen molar-refractivity contribution in [3.63, 3.8) is 0 Å². The second kappa shape index (κ2) is 7.80. The van der Waals surface area contributed by atoms with E-state index in [1.54, 1.807) is 14.2 Å². The van der Waals surface area contributed by atoms with Crippen LogP contribution in [0.3, 0.4) is 0 Å². The maximum absolute atomic E-state index is 8.90. The summed E-state index contributed by atoms with van der Waals surface area (Å²) in [6.45, 7) is 1.64. The smallest absolute Gasteiger partial charge is 0.177 e. The van der Waals surface area contributed by atoms with E-state index < -0.39 is 0 Å². The third-order valence-electron chi connectivity index (χ3n) is 2.52. The van der Waals surface area contributed by atoms with E-state index in [0.29, 0.717) is 16.3 Å². The number of nitrogens with two attached hydrogens (primary N) is 1. The van der Waals surface area contributed by atoms with Crippen LogP contribution in [0.15, 0.2) is 0 Å². The van der Waals surface area contributed by atoms with Crippen molar-refractivity contribution in [3.8, 4) is 11.8 Å². The number of anilines is 2. The summed E-state index contributed by atoms with van der Waals surface area (Å²) in [5.74, 6) is 0.577. The molecule has 5 nitrogen and oxygen atoms in total. The van der Waals surface area contributed by atoms with Gasteiger partial charge in [-0.2, -0.15) is 5.26 Å². The number of rotatable bonds is 8. The molecule has 18 heavy (non-hydrogen) atoms. The summed E-state index contributed by atoms with van der Waals surface area (Å²) >= 11 is 1.33. The minimum atomic E-state index is 0.423. The zero-order chi connectivity index (χ0) is 13.4. The molecule has 0 amide bonds. The van der Waals surface area contributed by atoms with Gasteiger partial charge in [0.25, 0.3) is 0 Å². The van der Waals surface area contributed by atoms with E-state index in [1.807, 2.05) is 0 Å². The molecule has 1 rings (SSSR count). The van der Waals surface area contributed by atoms with Gasteiger partial charge in [-0.1, -0.05) is 0 Å². The SMILES string of the molecule is COCCCCCNc1sc(C#N)c(N)c1OC. The standard InChI is InChI=1S/C12H19N3O2S/c1-16-7-5-3-4-6-15-12-11(17-2)10(14)9(8-13)18-12/h15H,3-7,14H2,1-2H3. The number of nitrogens with zero attached hydrogens (tertiary/aromatic N) is 1. The third kappa shape index (κ3) is 3.79. The molecule has 0 unspecified atom stereocenters. The van der Waals surface area contributed by atoms with Gasteiger partial charge in [0.05, 0.1) is 7.11 Å². The fraction of sp³-hybridized carbons (Fsp3) is 0.583. The quantitative estimate of drug-likeness (QED) is 0.708. The van der Waals surface area contributed by atoms with Crippen molar-refractivity contribution < 1.29 is 9.47 Å². The van der Waals surface area contributed by atoms with Crippen LogP contribution in [0.5, 0.6) is 5.75 Å². The van der Waals surface area contributed by atoms with Crippen LogP contribution in [-0.4, -0.2) is 27.4 Å². The lowest BCUT2D eigenvalue weighted by Gasteiger charge is -2.06. The van der Waals surface area contributed by atoms with Crippen LogP contribution in [0.4, 0.5) is 10.7 Å². The highest BCUT2D eigenvalue weighted by Gasteiger charge is 2.15. The van der Waals surface area contributed by atoms with Gasteiger partial charge >= 0.3 is 0 Å². The Kier molecular flexibility index (Phi) is 6.33. The highest BCUT2D eigenvalue weighted by Crippen LogP contribution is 2.41. The fourth-order valence-corrected chi connectivity index (χ4v) is 2.49. The fourth-order valence-electron chi connectivity index (χ4n) is 1.58. The molecule has 0 atom stereocenters. The maximum atomic E-state index is 8.90. The van der Waals surface area contributed by atoms with E-state index in [2.05, 4.69) is 11.4 Å². The predicted molar refractivity (Wildman–Crippen MR) is 74.2 cm³/mol. The topological polar surface area (TPSA) is 80.3 Å². The molecule has 100 valence electrons. The Bertz CT molecular complexity index is 412. The minimum absolute atomic E-state index is 0.423. The van der Waals surface area contributed by atoms with Crippen molar-refractivity contribution in [2.75, 3.05) is 38.4 Å². The van der Waals surface area contributed by atoms with Crippen LogP contribution in [0.2, 0.25) is 0 Å². The van der Waals surface area contributed by atoms with Crippen molar-refractivity contribution in [3.05, 3.63) is 4.88 Å². The Morgan fingerprint density at radius 3 is 2.72 bits per heavy atom. The molecular formula is C12H19N3O2S. The number of hydrogen-bond acceptors (Lipinski definition) is 6. The maximum Gasteiger partial charge on any atom is 0.177 e. The number of unbranched alkanes of at least 4 members (excludes halogenated alkanes) is 2. The van der Waals surface area contributed by atoms with Gasteiger partial charge in [0.15, 0.2) is 5.75 Å². The van der Waals surface area contributed by atoms with Crippen molar-refractivity contribution in [1.82, 2.24) is 0 Å². The van der Waals surface area contributed by atoms with Gasteiger partial charge in [0, 0.05) is 20.3 Å². The first kappa shape index (κ1) is 14.6. The van der Waals surface area contributed by atoms with Crippen molar-refractivity contribution >= 4 is 22.0 Å². The van der Waals surface area contributed by atoms with E-state index >= 15 is 0 Å². The van der Waals surface area contributed by atoms with Gasteiger partial charge in [-0.25, -0.2) is 0 Å². The molecule has 0 spiro atoms. The molecule has 0 radical (unpaired) electrons. The number of hydrogen-bond donors (Lipinski definition) is 2. The van der Waals surface area contributed by atoms with Crippen molar-refractivity contribution in [2.24, 2.45) is 0 Å². The average molecular weight is 269 g/mol. The molecule has 0 aromatic carbocycles. The average Bonchev–Trinajstić information content (AvgIpc) is 2.69. The van der Waals surface area contributed by atoms with Gasteiger partial charge in [-0.3, -0.25) is 0 Å². The summed E-state index contributed by atoms with van der Waals surface area (Å²) in [6, 6.07) is 2.07. The zero-order valence-electron chi connectivity index (χ0n) is 10.8. The van der Waals surface area contributed by atoms with Crippen LogP contribution in [0, 0.1) is 11.3 Å². The normalized spacial score (nSPS) is 10.1. The van der Waals surface area contributed by atoms with Gasteiger partial charge in [-0.15, -0.1) is 11.3 Å². The lowest BCUT2D eigenvalue weighted by Crippen LogP contribution is -2.02. The monoisotopic (exact) mass is 269 g/mol. The molecule has 0 saturated heterocycles. The second-order valence-electron chi connectivity index (χ2n) is 3.80. The van der Waals surface area contributed by atoms with E-state index in [0.717, 1.165) is 37.4 Å². The molecule has 1 aromatic heterocycles. The van der Waals surface area contributed by atoms with Gasteiger partial charge in [-0.05, 0) is 19.3 Å². The molecule has 0 bridgehead atoms. The number of nitriles is 1. The van der Waals surface area contributed by atoms with E-state index in [4.69, 9.17) is 20.5 Å². The van der Waals surface area contributed by atoms with Crippen LogP contribution < -0.4 is 15.8 Å². The van der Waals surface area contributed by atoms with Crippen molar-refractivity contribution in [1.29, 1.82) is 5.26 Å². The molecule has 1 heterocycles. The van der Waals surface area contributed by atoms with Gasteiger partial charge in [0.2, 0.25) is 0 Å². The molecule has 0 aliphatic heterocycles. The molecule has 0 aliphatic carbocycles. The summed E-state index contributed by atoms with van der Waals surface area (Å²) in [6.07, 6.45) is 3.21. The van der Waals surface area contributed by atoms with E-state index in [9.17, 15) is 0 Å². The summed E-state index contributed by atoms with van der Waals surface area (Å²) in [7, 11) is 3.27. The zero-order valence-corrected chi connectivity index (χ0v) is 11.6. The van der Waals surface area contributed by atoms with Crippen LogP contribution in [-0.2, 0) is 4.74 Å². The Labute approximate surface area is 112 Å². The van der Waals surface area contributed by atoms with Crippen LogP contribution in [0.25, 0.3) is 0 Å². The van der Waals surface area contributed by atoms with Gasteiger partial charge in [0.1, 0.15) is 21.6 Å². The number of thiophene rings is 1. The number of nitrogen functional groups attached to an aromatic ring is 1. The van der Waals surface area contributed by atoms with Crippen LogP contribution in [0.1, 0.15) is 24.1 Å². The summed E-state index contributed by atoms with van der Waals surface area (Å²) < 4.78 is 10.2. The van der Waals surface area contributed by atoms with Crippen molar-refractivity contribution in [2.45, 2.75) is 19.3 Å². The third-order valence-corrected chi connectivity index (χ3v) is 3.57. The first-order valence-corrected chi connectivity index (χ1v) is 6.65. The van der Waals surface area contributed by atoms with Crippen LogP contribution >= 0.6 is 11.3 Å². The lowest BCUT2D eigenvalue weighted by molar-refractivity contribution is 0.192. The number of ether oxygens (including phenoxy) is 2. The largest absolute Gasteiger partial charge is 0.492 e. The van der Waals surface area contributed by atoms with E-state index in [1.165, 1.54) is 11.3 Å². The molecule has 6 heteroatoms. The molecule has 1 aromatic rings. The highest BCUT2D eigenvalue weighted by molar-refractivity contribution is 7.17. The molecule has 0 fully saturated rings. The summed E-state index contributed by atoms with van der Waals surface area (Å²) in [5, 5.41) is 13.0. The minimum Gasteiger partial charge on any atom is -0.492 e. The summed E-state index contributed by atoms with van der Waals surface area (Å²) in [4.78, 5) is 0.494. The Morgan fingerprint density at radius 1 is 1.33 bits per heavy atom. The molecular weight excluding hydrogens is 250 g/mol. The van der Waals surface area contributed by atoms with E-state index in [-0.39, 0.29) is 0 Å². The lowest BCUT2D eigenvalue weighted by atomic mass is 10.2. The first-order valence-electron chi connectivity index (χ1n) is 5.83. The predicted octanol–water partition coefficient (Wildman–Crippen LogP) is 2.44. The Hall–Kier alpha value is -1.45. The number of methoxy groups -OCH3 is 2. The molecule has 3 N–H and O–H groups in total. The van der Waals surface area contributed by atoms with Gasteiger partial charge < -0.3 is 20.5 Å². The molecule has 0 aliphatic rings. The highest BCUT2D eigenvalue weighted by atomic mass is 32.1. The number of nitrogens with one attached hydrogen (secondary N) is 1. The second-order valence-corrected chi connectivity index (χ2v) is 4.82.